The lowest BCUT2D eigenvalue weighted by atomic mass is 10.0. The molecule has 0 spiro atoms. The van der Waals surface area contributed by atoms with Crippen LogP contribution in [0.1, 0.15) is 31.4 Å². The van der Waals surface area contributed by atoms with Gasteiger partial charge in [0, 0.05) is 19.6 Å². The van der Waals surface area contributed by atoms with Crippen molar-refractivity contribution in [1.82, 2.24) is 15.5 Å². The van der Waals surface area contributed by atoms with Gasteiger partial charge in [0.2, 0.25) is 0 Å². The van der Waals surface area contributed by atoms with Gasteiger partial charge in [-0.1, -0.05) is 24.6 Å². The van der Waals surface area contributed by atoms with E-state index < -0.39 is 0 Å². The molecule has 2 aliphatic heterocycles. The van der Waals surface area contributed by atoms with Crippen molar-refractivity contribution in [3.8, 4) is 11.5 Å². The highest BCUT2D eigenvalue weighted by Gasteiger charge is 2.18. The Hall–Kier alpha value is -2.21. The molecule has 0 bridgehead atoms. The zero-order chi connectivity index (χ0) is 17.6. The lowest BCUT2D eigenvalue weighted by Gasteiger charge is -2.24. The third kappa shape index (κ3) is 4.66. The maximum Gasteiger partial charge on any atom is 0.315 e. The fourth-order valence-corrected chi connectivity index (χ4v) is 3.07. The standard InChI is InChI=1S/C19H27N3O3/c1-3-16(15-4-5-17-18(12-15)25-11-10-24-17)21-19(23)20-13-14-6-8-22(2)9-7-14/h4-6,12,16H,3,7-11,13H2,1-2H3,(H2,20,21,23). The van der Waals surface area contributed by atoms with Crippen LogP contribution in [0.25, 0.3) is 0 Å². The van der Waals surface area contributed by atoms with Gasteiger partial charge < -0.3 is 25.0 Å². The van der Waals surface area contributed by atoms with Crippen molar-refractivity contribution in [2.24, 2.45) is 0 Å². The first-order chi connectivity index (χ1) is 12.2. The molecule has 2 N–H and O–H groups in total. The first-order valence-electron chi connectivity index (χ1n) is 8.96. The van der Waals surface area contributed by atoms with E-state index in [0.717, 1.165) is 43.0 Å². The van der Waals surface area contributed by atoms with Crippen molar-refractivity contribution in [3.05, 3.63) is 35.4 Å². The summed E-state index contributed by atoms with van der Waals surface area (Å²) < 4.78 is 11.2. The van der Waals surface area contributed by atoms with E-state index >= 15 is 0 Å². The molecule has 0 saturated heterocycles. The highest BCUT2D eigenvalue weighted by Crippen LogP contribution is 2.33. The van der Waals surface area contributed by atoms with Gasteiger partial charge in [0.15, 0.2) is 11.5 Å². The van der Waals surface area contributed by atoms with Gasteiger partial charge in [-0.05, 0) is 37.6 Å². The summed E-state index contributed by atoms with van der Waals surface area (Å²) in [7, 11) is 2.10. The lowest BCUT2D eigenvalue weighted by molar-refractivity contribution is 0.171. The molecule has 0 saturated carbocycles. The molecule has 1 aromatic carbocycles. The summed E-state index contributed by atoms with van der Waals surface area (Å²) in [5.74, 6) is 1.52. The average molecular weight is 345 g/mol. The van der Waals surface area contributed by atoms with Gasteiger partial charge in [-0.3, -0.25) is 0 Å². The van der Waals surface area contributed by atoms with Gasteiger partial charge >= 0.3 is 6.03 Å². The summed E-state index contributed by atoms with van der Waals surface area (Å²) in [6.45, 7) is 5.80. The van der Waals surface area contributed by atoms with E-state index in [9.17, 15) is 4.79 Å². The molecule has 2 heterocycles. The third-order valence-electron chi connectivity index (χ3n) is 4.66. The van der Waals surface area contributed by atoms with Gasteiger partial charge in [-0.2, -0.15) is 0 Å². The van der Waals surface area contributed by atoms with Crippen LogP contribution in [0.2, 0.25) is 0 Å². The largest absolute Gasteiger partial charge is 0.486 e. The molecule has 2 amide bonds. The summed E-state index contributed by atoms with van der Waals surface area (Å²) in [5, 5.41) is 6.03. The van der Waals surface area contributed by atoms with Crippen LogP contribution < -0.4 is 20.1 Å². The minimum absolute atomic E-state index is 0.0534. The zero-order valence-corrected chi connectivity index (χ0v) is 15.0. The molecule has 1 unspecified atom stereocenters. The Kier molecular flexibility index (Phi) is 5.81. The van der Waals surface area contributed by atoms with Crippen molar-refractivity contribution in [2.45, 2.75) is 25.8 Å². The molecule has 1 atom stereocenters. The second-order valence-corrected chi connectivity index (χ2v) is 6.57. The van der Waals surface area contributed by atoms with Crippen LogP contribution in [0.4, 0.5) is 4.79 Å². The predicted molar refractivity (Wildman–Crippen MR) is 97.2 cm³/mol. The van der Waals surface area contributed by atoms with Gasteiger partial charge in [0.1, 0.15) is 13.2 Å². The number of ether oxygens (including phenoxy) is 2. The number of likely N-dealkylation sites (N-methyl/N-ethyl adjacent to an activating group) is 1. The van der Waals surface area contributed by atoms with E-state index in [1.165, 1.54) is 5.57 Å². The van der Waals surface area contributed by atoms with Crippen LogP contribution in [0.3, 0.4) is 0 Å². The normalized spacial score (nSPS) is 18.2. The fourth-order valence-electron chi connectivity index (χ4n) is 3.07. The summed E-state index contributed by atoms with van der Waals surface area (Å²) in [6, 6.07) is 5.67. The summed E-state index contributed by atoms with van der Waals surface area (Å²) >= 11 is 0. The molecule has 0 aromatic heterocycles. The van der Waals surface area contributed by atoms with Crippen LogP contribution in [0, 0.1) is 0 Å². The van der Waals surface area contributed by atoms with Gasteiger partial charge in [0.25, 0.3) is 0 Å². The zero-order valence-electron chi connectivity index (χ0n) is 15.0. The number of rotatable bonds is 5. The molecule has 1 aromatic rings. The number of carbonyl (C=O) groups is 1. The van der Waals surface area contributed by atoms with E-state index in [-0.39, 0.29) is 12.1 Å². The number of amides is 2. The van der Waals surface area contributed by atoms with E-state index in [4.69, 9.17) is 9.47 Å². The second-order valence-electron chi connectivity index (χ2n) is 6.57. The molecule has 6 heteroatoms. The maximum atomic E-state index is 12.3. The van der Waals surface area contributed by atoms with Gasteiger partial charge in [-0.15, -0.1) is 0 Å². The molecule has 25 heavy (non-hydrogen) atoms. The van der Waals surface area contributed by atoms with E-state index in [2.05, 4.69) is 35.6 Å². The minimum atomic E-state index is -0.137. The molecule has 0 radical (unpaired) electrons. The number of carbonyl (C=O) groups excluding carboxylic acids is 1. The van der Waals surface area contributed by atoms with Crippen LogP contribution in [-0.2, 0) is 0 Å². The molecule has 3 rings (SSSR count). The highest BCUT2D eigenvalue weighted by atomic mass is 16.6. The smallest absolute Gasteiger partial charge is 0.315 e. The third-order valence-corrected chi connectivity index (χ3v) is 4.66. The number of hydrogen-bond donors (Lipinski definition) is 2. The summed E-state index contributed by atoms with van der Waals surface area (Å²) in [4.78, 5) is 14.5. The average Bonchev–Trinajstić information content (AvgIpc) is 2.65. The Morgan fingerprint density at radius 2 is 2.08 bits per heavy atom. The lowest BCUT2D eigenvalue weighted by Crippen LogP contribution is -2.39. The number of hydrogen-bond acceptors (Lipinski definition) is 4. The first kappa shape index (κ1) is 17.6. The molecule has 0 fully saturated rings. The second kappa shape index (κ2) is 8.25. The van der Waals surface area contributed by atoms with Crippen LogP contribution in [0.15, 0.2) is 29.8 Å². The Labute approximate surface area is 149 Å². The van der Waals surface area contributed by atoms with Crippen molar-refractivity contribution < 1.29 is 14.3 Å². The van der Waals surface area contributed by atoms with E-state index in [1.807, 2.05) is 18.2 Å². The maximum absolute atomic E-state index is 12.3. The fraction of sp³-hybridized carbons (Fsp3) is 0.526. The van der Waals surface area contributed by atoms with Crippen molar-refractivity contribution in [1.29, 1.82) is 0 Å². The number of urea groups is 1. The quantitative estimate of drug-likeness (QED) is 0.805. The molecule has 136 valence electrons. The van der Waals surface area contributed by atoms with E-state index in [1.54, 1.807) is 0 Å². The molecular formula is C19H27N3O3. The van der Waals surface area contributed by atoms with Crippen molar-refractivity contribution in [2.75, 3.05) is 39.9 Å². The molecular weight excluding hydrogens is 318 g/mol. The van der Waals surface area contributed by atoms with E-state index in [0.29, 0.717) is 19.8 Å². The number of fused-ring (bicyclic) bond motifs is 1. The number of nitrogens with one attached hydrogen (secondary N) is 2. The minimum Gasteiger partial charge on any atom is -0.486 e. The molecule has 2 aliphatic rings. The summed E-state index contributed by atoms with van der Waals surface area (Å²) in [6.07, 6.45) is 4.01. The SMILES string of the molecule is CCC(NC(=O)NCC1=CCN(C)CC1)c1ccc2c(c1)OCCO2. The molecule has 6 nitrogen and oxygen atoms in total. The summed E-state index contributed by atoms with van der Waals surface area (Å²) in [5.41, 5.74) is 2.32. The molecule has 0 aliphatic carbocycles. The van der Waals surface area contributed by atoms with Crippen molar-refractivity contribution in [3.63, 3.8) is 0 Å². The highest BCUT2D eigenvalue weighted by molar-refractivity contribution is 5.74. The van der Waals surface area contributed by atoms with Gasteiger partial charge in [0.05, 0.1) is 6.04 Å². The monoisotopic (exact) mass is 345 g/mol. The van der Waals surface area contributed by atoms with Crippen molar-refractivity contribution >= 4 is 6.03 Å². The Balaban J connectivity index is 1.55. The van der Waals surface area contributed by atoms with Crippen LogP contribution in [0.5, 0.6) is 11.5 Å². The number of nitrogens with zero attached hydrogens (tertiary/aromatic N) is 1. The van der Waals surface area contributed by atoms with Crippen LogP contribution >= 0.6 is 0 Å². The predicted octanol–water partition coefficient (Wildman–Crippen LogP) is 2.47. The number of benzene rings is 1. The van der Waals surface area contributed by atoms with Gasteiger partial charge in [-0.25, -0.2) is 4.79 Å². The van der Waals surface area contributed by atoms with Crippen LogP contribution in [-0.4, -0.2) is 50.8 Å². The Morgan fingerprint density at radius 3 is 2.80 bits per heavy atom. The Morgan fingerprint density at radius 1 is 1.28 bits per heavy atom. The first-order valence-corrected chi connectivity index (χ1v) is 8.96. The Bertz CT molecular complexity index is 645. The topological polar surface area (TPSA) is 62.8 Å².